The maximum Gasteiger partial charge on any atom is 0.338 e. The van der Waals surface area contributed by atoms with E-state index in [1.54, 1.807) is 67.2 Å². The average Bonchev–Trinajstić information content (AvgIpc) is 3.51. The summed E-state index contributed by atoms with van der Waals surface area (Å²) in [5.74, 6) is -0.477. The molecule has 0 fully saturated rings. The van der Waals surface area contributed by atoms with E-state index in [0.717, 1.165) is 6.07 Å². The molecule has 2 N–H and O–H groups in total. The summed E-state index contributed by atoms with van der Waals surface area (Å²) in [5.41, 5.74) is 0.594. The number of aromatic nitrogens is 2. The van der Waals surface area contributed by atoms with Crippen molar-refractivity contribution in [1.29, 1.82) is 0 Å². The number of esters is 1. The molecular weight excluding hydrogens is 552 g/mol. The van der Waals surface area contributed by atoms with Crippen LogP contribution in [0.5, 0.6) is 11.5 Å². The number of hydrogen-bond donors (Lipinski definition) is 2. The fourth-order valence-electron chi connectivity index (χ4n) is 4.17. The zero-order valence-electron chi connectivity index (χ0n) is 22.3. The van der Waals surface area contributed by atoms with E-state index in [1.165, 1.54) is 29.8 Å². The topological polar surface area (TPSA) is 147 Å². The van der Waals surface area contributed by atoms with Gasteiger partial charge in [-0.05, 0) is 56.3 Å². The summed E-state index contributed by atoms with van der Waals surface area (Å²) in [5, 5.41) is 2.63. The van der Waals surface area contributed by atoms with Gasteiger partial charge < -0.3 is 19.5 Å². The highest BCUT2D eigenvalue weighted by atomic mass is 32.2. The van der Waals surface area contributed by atoms with Crippen LogP contribution < -0.4 is 25.1 Å². The Morgan fingerprint density at radius 2 is 1.71 bits per heavy atom. The monoisotopic (exact) mass is 578 g/mol. The van der Waals surface area contributed by atoms with Gasteiger partial charge >= 0.3 is 5.97 Å². The molecule has 0 radical (unpaired) electrons. The van der Waals surface area contributed by atoms with E-state index in [-0.39, 0.29) is 22.9 Å². The Hall–Kier alpha value is -5.04. The van der Waals surface area contributed by atoms with Crippen molar-refractivity contribution >= 4 is 33.3 Å². The molecule has 1 aliphatic heterocycles. The molecule has 12 nitrogen and oxygen atoms in total. The second-order valence-electron chi connectivity index (χ2n) is 9.17. The van der Waals surface area contributed by atoms with Gasteiger partial charge in [0, 0.05) is 18.8 Å². The molecule has 1 aliphatic rings. The number of hydrogen-bond acceptors (Lipinski definition) is 8. The van der Waals surface area contributed by atoms with Crippen LogP contribution in [0.1, 0.15) is 23.0 Å². The lowest BCUT2D eigenvalue weighted by atomic mass is 10.2. The Kier molecular flexibility index (Phi) is 7.28. The minimum Gasteiger partial charge on any atom is -0.454 e. The van der Waals surface area contributed by atoms with Crippen LogP contribution in [-0.4, -0.2) is 42.6 Å². The van der Waals surface area contributed by atoms with Crippen molar-refractivity contribution in [1.82, 2.24) is 9.36 Å². The Balaban J connectivity index is 1.30. The van der Waals surface area contributed by atoms with Gasteiger partial charge in [0.15, 0.2) is 17.6 Å². The highest BCUT2D eigenvalue weighted by molar-refractivity contribution is 7.92. The number of nitrogens with zero attached hydrogens (tertiary/aromatic N) is 2. The predicted octanol–water partition coefficient (Wildman–Crippen LogP) is 3.20. The summed E-state index contributed by atoms with van der Waals surface area (Å²) in [6, 6.07) is 18.7. The molecule has 0 unspecified atom stereocenters. The Morgan fingerprint density at radius 1 is 0.976 bits per heavy atom. The first-order valence-corrected chi connectivity index (χ1v) is 13.9. The number of rotatable bonds is 8. The largest absolute Gasteiger partial charge is 0.454 e. The van der Waals surface area contributed by atoms with Crippen molar-refractivity contribution in [2.45, 2.75) is 24.8 Å². The lowest BCUT2D eigenvalue weighted by Crippen LogP contribution is -2.30. The normalized spacial score (nSPS) is 13.0. The van der Waals surface area contributed by atoms with Crippen molar-refractivity contribution in [2.24, 2.45) is 7.05 Å². The molecule has 13 heteroatoms. The second-order valence-corrected chi connectivity index (χ2v) is 10.9. The fourth-order valence-corrected chi connectivity index (χ4v) is 5.33. The van der Waals surface area contributed by atoms with E-state index in [2.05, 4.69) is 10.0 Å². The lowest BCUT2D eigenvalue weighted by molar-refractivity contribution is -0.123. The summed E-state index contributed by atoms with van der Waals surface area (Å²) in [7, 11) is -2.64. The number of fused-ring (bicyclic) bond motifs is 1. The first-order chi connectivity index (χ1) is 19.5. The van der Waals surface area contributed by atoms with E-state index >= 15 is 0 Å². The number of para-hydroxylation sites is 1. The molecule has 0 aliphatic carbocycles. The smallest absolute Gasteiger partial charge is 0.338 e. The minimum atomic E-state index is -4.28. The molecule has 5 rings (SSSR count). The Bertz CT molecular complexity index is 1810. The zero-order chi connectivity index (χ0) is 29.3. The number of carbonyl (C=O) groups excluding carboxylic acids is 2. The Morgan fingerprint density at radius 3 is 2.46 bits per heavy atom. The maximum atomic E-state index is 13.2. The maximum absolute atomic E-state index is 13.2. The standard InChI is InChI=1S/C28H26N4O8S/c1-17-25(27(34)32(31(17)3)21-9-5-4-6-10-21)30-41(36,37)22-11-7-8-19(14-22)28(35)40-18(2)26(33)29-20-12-13-23-24(15-20)39-16-38-23/h4-15,18,30H,16H2,1-3H3,(H,29,33)/t18-/m0/s1. The zero-order valence-corrected chi connectivity index (χ0v) is 23.1. The van der Waals surface area contributed by atoms with Gasteiger partial charge in [0.25, 0.3) is 21.5 Å². The highest BCUT2D eigenvalue weighted by Crippen LogP contribution is 2.34. The third-order valence-corrected chi connectivity index (χ3v) is 7.81. The second kappa shape index (κ2) is 10.8. The number of ether oxygens (including phenoxy) is 3. The van der Waals surface area contributed by atoms with Gasteiger partial charge in [-0.3, -0.25) is 19.0 Å². The molecule has 2 heterocycles. The molecule has 1 aromatic heterocycles. The van der Waals surface area contributed by atoms with Crippen LogP contribution in [0, 0.1) is 6.92 Å². The molecule has 0 bridgehead atoms. The van der Waals surface area contributed by atoms with Crippen molar-refractivity contribution in [2.75, 3.05) is 16.8 Å². The van der Waals surface area contributed by atoms with Gasteiger partial charge in [-0.1, -0.05) is 24.3 Å². The highest BCUT2D eigenvalue weighted by Gasteiger charge is 2.25. The molecule has 4 aromatic rings. The van der Waals surface area contributed by atoms with E-state index in [4.69, 9.17) is 14.2 Å². The molecular formula is C28H26N4O8S. The predicted molar refractivity (Wildman–Crippen MR) is 149 cm³/mol. The quantitative estimate of drug-likeness (QED) is 0.303. The van der Waals surface area contributed by atoms with Gasteiger partial charge in [0.1, 0.15) is 5.69 Å². The van der Waals surface area contributed by atoms with E-state index in [0.29, 0.717) is 28.6 Å². The summed E-state index contributed by atoms with van der Waals surface area (Å²) < 4.78 is 47.5. The average molecular weight is 579 g/mol. The number of sulfonamides is 1. The van der Waals surface area contributed by atoms with Gasteiger partial charge in [-0.25, -0.2) is 17.9 Å². The van der Waals surface area contributed by atoms with Crippen molar-refractivity contribution in [3.05, 3.63) is 94.4 Å². The number of anilines is 2. The van der Waals surface area contributed by atoms with Gasteiger partial charge in [-0.15, -0.1) is 0 Å². The summed E-state index contributed by atoms with van der Waals surface area (Å²) >= 11 is 0. The summed E-state index contributed by atoms with van der Waals surface area (Å²) in [6.45, 7) is 3.09. The van der Waals surface area contributed by atoms with Crippen LogP contribution in [0.4, 0.5) is 11.4 Å². The summed E-state index contributed by atoms with van der Waals surface area (Å²) in [4.78, 5) is 38.3. The van der Waals surface area contributed by atoms with E-state index < -0.39 is 33.6 Å². The van der Waals surface area contributed by atoms with Crippen LogP contribution in [0.15, 0.2) is 82.5 Å². The van der Waals surface area contributed by atoms with E-state index in [1.807, 2.05) is 0 Å². The molecule has 0 spiro atoms. The number of nitrogens with one attached hydrogen (secondary N) is 2. The Labute approximate surface area is 235 Å². The minimum absolute atomic E-state index is 0.0851. The summed E-state index contributed by atoms with van der Waals surface area (Å²) in [6.07, 6.45) is -1.20. The third kappa shape index (κ3) is 5.52. The molecule has 3 aromatic carbocycles. The molecule has 0 saturated carbocycles. The van der Waals surface area contributed by atoms with Crippen molar-refractivity contribution in [3.8, 4) is 17.2 Å². The van der Waals surface area contributed by atoms with Crippen LogP contribution in [-0.2, 0) is 26.6 Å². The van der Waals surface area contributed by atoms with Gasteiger partial charge in [-0.2, -0.15) is 0 Å². The molecule has 212 valence electrons. The van der Waals surface area contributed by atoms with Crippen LogP contribution in [0.25, 0.3) is 5.69 Å². The SMILES string of the molecule is Cc1c(NS(=O)(=O)c2cccc(C(=O)O[C@@H](C)C(=O)Nc3ccc4c(c3)OCO4)c2)c(=O)n(-c2ccccc2)n1C. The molecule has 1 amide bonds. The molecule has 41 heavy (non-hydrogen) atoms. The van der Waals surface area contributed by atoms with Gasteiger partial charge in [0.2, 0.25) is 6.79 Å². The first-order valence-electron chi connectivity index (χ1n) is 12.4. The van der Waals surface area contributed by atoms with Crippen LogP contribution >= 0.6 is 0 Å². The van der Waals surface area contributed by atoms with Crippen LogP contribution in [0.3, 0.4) is 0 Å². The molecule has 1 atom stereocenters. The van der Waals surface area contributed by atoms with Gasteiger partial charge in [0.05, 0.1) is 21.8 Å². The number of carbonyl (C=O) groups is 2. The number of amides is 1. The lowest BCUT2D eigenvalue weighted by Gasteiger charge is -2.14. The first kappa shape index (κ1) is 27.5. The fraction of sp³-hybridized carbons (Fsp3) is 0.179. The molecule has 0 saturated heterocycles. The van der Waals surface area contributed by atoms with Crippen molar-refractivity contribution in [3.63, 3.8) is 0 Å². The number of benzene rings is 3. The van der Waals surface area contributed by atoms with E-state index in [9.17, 15) is 22.8 Å². The van der Waals surface area contributed by atoms with Crippen molar-refractivity contribution < 1.29 is 32.2 Å². The van der Waals surface area contributed by atoms with Crippen LogP contribution in [0.2, 0.25) is 0 Å². The third-order valence-electron chi connectivity index (χ3n) is 6.46.